The first kappa shape index (κ1) is 103. The van der Waals surface area contributed by atoms with Crippen LogP contribution in [0.2, 0.25) is 0 Å². The average molecular weight is 1820 g/mol. The molecule has 0 radical (unpaired) electrons. The highest BCUT2D eigenvalue weighted by atomic mass is 35.5. The van der Waals surface area contributed by atoms with Crippen LogP contribution in [0.5, 0.6) is 0 Å². The number of hydrogen-bond acceptors (Lipinski definition) is 15. The molecule has 3 saturated heterocycles. The van der Waals surface area contributed by atoms with E-state index in [4.69, 9.17) is 23.7 Å². The number of carboxylic acids is 1. The molecule has 0 spiro atoms. The Balaban J connectivity index is 0.000000200. The molecule has 0 unspecified atom stereocenters. The zero-order valence-electron chi connectivity index (χ0n) is 78.7. The second-order valence-corrected chi connectivity index (χ2v) is 39.9. The van der Waals surface area contributed by atoms with E-state index in [2.05, 4.69) is 151 Å². The van der Waals surface area contributed by atoms with E-state index in [0.29, 0.717) is 88.2 Å². The number of ether oxygens (including phenoxy) is 5. The van der Waals surface area contributed by atoms with E-state index in [9.17, 15) is 43.5 Å². The van der Waals surface area contributed by atoms with Crippen LogP contribution < -0.4 is 10.6 Å². The highest BCUT2D eigenvalue weighted by Gasteiger charge is 2.54. The summed E-state index contributed by atoms with van der Waals surface area (Å²) in [6, 6.07) is 52.8. The van der Waals surface area contributed by atoms with Crippen molar-refractivity contribution in [3.05, 3.63) is 267 Å². The number of carboxylic acid groups (broad SMARTS) is 1. The van der Waals surface area contributed by atoms with Gasteiger partial charge in [0.2, 0.25) is 11.8 Å². The molecule has 694 valence electrons. The molecule has 0 bridgehead atoms. The van der Waals surface area contributed by atoms with Gasteiger partial charge in [-0.15, -0.1) is 37.2 Å². The van der Waals surface area contributed by atoms with E-state index in [-0.39, 0.29) is 112 Å². The summed E-state index contributed by atoms with van der Waals surface area (Å²) < 4.78 is 25.5. The third-order valence-electron chi connectivity index (χ3n) is 28.0. The Morgan fingerprint density at radius 1 is 0.357 bits per heavy atom. The smallest absolute Gasteiger partial charge is 0.410 e. The van der Waals surface area contributed by atoms with Crippen molar-refractivity contribution in [2.75, 3.05) is 99.9 Å². The van der Waals surface area contributed by atoms with Gasteiger partial charge in [0.15, 0.2) is 0 Å². The van der Waals surface area contributed by atoms with Crippen molar-refractivity contribution in [2.45, 2.75) is 189 Å². The average Bonchev–Trinajstić information content (AvgIpc) is 0.718. The molecule has 6 aromatic carbocycles. The molecule has 3 aliphatic carbocycles. The Labute approximate surface area is 782 Å². The Hall–Kier alpha value is -10.1. The number of nitrogens with zero attached hydrogens (tertiary/aromatic N) is 4. The van der Waals surface area contributed by atoms with Crippen molar-refractivity contribution in [1.82, 2.24) is 30.2 Å². The first-order chi connectivity index (χ1) is 59.5. The van der Waals surface area contributed by atoms with Gasteiger partial charge in [-0.05, 0) is 199 Å². The number of benzene rings is 6. The summed E-state index contributed by atoms with van der Waals surface area (Å²) in [5.74, 6) is -1.38. The minimum Gasteiger partial charge on any atom is -0.481 e. The first-order valence-electron chi connectivity index (χ1n) is 44.7. The van der Waals surface area contributed by atoms with Crippen LogP contribution in [0.1, 0.15) is 226 Å². The molecule has 0 aromatic heterocycles. The number of rotatable bonds is 12. The van der Waals surface area contributed by atoms with E-state index in [1.54, 1.807) is 9.80 Å². The van der Waals surface area contributed by atoms with Crippen LogP contribution in [0, 0.1) is 32.5 Å². The quantitative estimate of drug-likeness (QED) is 0.0586. The number of piperidine rings is 3. The van der Waals surface area contributed by atoms with Crippen molar-refractivity contribution in [2.24, 2.45) is 32.5 Å². The zero-order chi connectivity index (χ0) is 91.2. The van der Waals surface area contributed by atoms with Crippen LogP contribution in [-0.2, 0) is 54.3 Å². The minimum atomic E-state index is -0.917. The molecule has 3 N–H and O–H groups in total. The van der Waals surface area contributed by atoms with Gasteiger partial charge in [0.25, 0.3) is 0 Å². The number of esters is 3. The van der Waals surface area contributed by atoms with Gasteiger partial charge in [-0.2, -0.15) is 0 Å². The highest BCUT2D eigenvalue weighted by molar-refractivity contribution is 5.94. The number of hydrogen-bond donors (Lipinski definition) is 3. The first-order valence-corrected chi connectivity index (χ1v) is 44.7. The maximum Gasteiger partial charge on any atom is 0.410 e. The summed E-state index contributed by atoms with van der Waals surface area (Å²) >= 11 is 0. The van der Waals surface area contributed by atoms with E-state index in [1.165, 1.54) is 60.3 Å². The molecule has 0 saturated carbocycles. The Bertz CT molecular complexity index is 5200. The largest absolute Gasteiger partial charge is 0.481 e. The number of likely N-dealkylation sites (tertiary alicyclic amines) is 2. The third-order valence-corrected chi connectivity index (χ3v) is 28.0. The predicted octanol–water partition coefficient (Wildman–Crippen LogP) is 20.5. The molecule has 6 aliphatic heterocycles. The predicted molar refractivity (Wildman–Crippen MR) is 517 cm³/mol. The Kier molecular flexibility index (Phi) is 32.7. The van der Waals surface area contributed by atoms with Crippen molar-refractivity contribution >= 4 is 102 Å². The fourth-order valence-corrected chi connectivity index (χ4v) is 21.5. The SMILES string of the molecule is CC(C)(C)OC(=O)N1CCC(C(=O)O)(c2ccccc2)CC1.COC(=O)c1ccc(C2=CC[C@]3(C)CN(C(=O)C4(c5ccccc5)CCN(C(=O)OC(C)(C)C)CC4)CC=C3C2(C)C)cc1.COC(=O)c1ccc(C2=CC[C@]3(C)CN(C(=O)C4(c5ccccc5)CCNCC4)CC=C3C2(C)C)cc1.COC(=O)c1ccc(C2=CC[C@]3(C)CNCC=C3C2(C)C)cc1.Cl.Cl.Cl. The number of nitrogens with one attached hydrogen (secondary N) is 2. The second-order valence-electron chi connectivity index (χ2n) is 39.9. The lowest BCUT2D eigenvalue weighted by Gasteiger charge is -2.52. The van der Waals surface area contributed by atoms with Crippen molar-refractivity contribution in [3.63, 3.8) is 0 Å². The number of carbonyl (C=O) groups excluding carboxylic acids is 7. The van der Waals surface area contributed by atoms with Crippen molar-refractivity contribution < 1.29 is 67.1 Å². The summed E-state index contributed by atoms with van der Waals surface area (Å²) in [7, 11) is 4.20. The van der Waals surface area contributed by atoms with Gasteiger partial charge in [-0.25, -0.2) is 24.0 Å². The van der Waals surface area contributed by atoms with Crippen LogP contribution in [0.4, 0.5) is 9.59 Å². The van der Waals surface area contributed by atoms with Gasteiger partial charge in [-0.1, -0.05) is 243 Å². The lowest BCUT2D eigenvalue weighted by atomic mass is 9.58. The lowest BCUT2D eigenvalue weighted by molar-refractivity contribution is -0.146. The second kappa shape index (κ2) is 41.1. The van der Waals surface area contributed by atoms with E-state index in [1.807, 2.05) is 174 Å². The molecule has 23 heteroatoms. The summed E-state index contributed by atoms with van der Waals surface area (Å²) in [5.41, 5.74) is 12.4. The molecule has 9 aliphatic rings. The van der Waals surface area contributed by atoms with E-state index < -0.39 is 33.4 Å². The zero-order valence-corrected chi connectivity index (χ0v) is 81.1. The highest BCUT2D eigenvalue weighted by Crippen LogP contribution is 2.59. The molecule has 6 heterocycles. The van der Waals surface area contributed by atoms with Crippen LogP contribution in [-0.4, -0.2) is 184 Å². The number of allylic oxidation sites excluding steroid dienone is 6. The van der Waals surface area contributed by atoms with Gasteiger partial charge < -0.3 is 59.0 Å². The van der Waals surface area contributed by atoms with Crippen LogP contribution in [0.3, 0.4) is 0 Å². The van der Waals surface area contributed by atoms with Gasteiger partial charge in [0.05, 0.1) is 54.3 Å². The fraction of sp³-hybridized carbons (Fsp3) is 0.472. The summed E-state index contributed by atoms with van der Waals surface area (Å²) in [6.07, 6.45) is 19.6. The van der Waals surface area contributed by atoms with E-state index >= 15 is 0 Å². The van der Waals surface area contributed by atoms with Gasteiger partial charge in [0.1, 0.15) is 11.2 Å². The third kappa shape index (κ3) is 21.7. The van der Waals surface area contributed by atoms with Crippen molar-refractivity contribution in [1.29, 1.82) is 0 Å². The molecular weight excluding hydrogens is 1690 g/mol. The maximum atomic E-state index is 14.7. The molecule has 3 fully saturated rings. The van der Waals surface area contributed by atoms with E-state index in [0.717, 1.165) is 92.6 Å². The Morgan fingerprint density at radius 3 is 0.961 bits per heavy atom. The normalized spacial score (nSPS) is 22.4. The number of aliphatic carboxylic acids is 1. The number of fused-ring (bicyclic) bond motifs is 3. The van der Waals surface area contributed by atoms with Crippen molar-refractivity contribution in [3.8, 4) is 0 Å². The van der Waals surface area contributed by atoms with Gasteiger partial charge in [0, 0.05) is 97.9 Å². The van der Waals surface area contributed by atoms with Gasteiger partial charge in [-0.3, -0.25) is 14.4 Å². The fourth-order valence-electron chi connectivity index (χ4n) is 21.5. The maximum absolute atomic E-state index is 14.7. The lowest BCUT2D eigenvalue weighted by Crippen LogP contribution is -2.57. The molecule has 129 heavy (non-hydrogen) atoms. The van der Waals surface area contributed by atoms with Crippen LogP contribution in [0.15, 0.2) is 217 Å². The number of halogens is 3. The molecule has 3 atom stereocenters. The standard InChI is InChI=1S/C37H46N2O5.C32H38N2O3.C20H25NO2.C17H23NO4.3ClH/c1-34(2,3)44-33(42)38-23-20-37(21-24-38,28-11-9-8-10-12-28)32(41)39-22-18-30-35(4,5)29(17-19-36(30,6)25-39)26-13-15-27(16-14-26)31(40)43-7;1-30(2)26(23-10-12-24(13-11-23)28(35)37-4)14-16-31(3)22-34(21-15-27(30)31)29(36)32(17-19-33-20-18-32)25-8-6-5-7-9-25;1-19(2)16(9-11-20(3)13-21-12-10-17(19)20)14-5-7-15(8-6-14)18(22)23-4;1-16(2,3)22-15(21)18-11-9-17(10-12-18,14(19)20)13-7-5-4-6-8-13;;;/h8-18H,19-25H2,1-7H3;5-15,33H,16-22H2,1-4H3;5-10,21H,11-13H2,1-4H3;4-8H,9-12H2,1-3H3,(H,19,20);3*1H/t36-;31-;20-;;;;/m111..../s1. The molecule has 15 rings (SSSR count). The molecule has 20 nitrogen and oxygen atoms in total. The van der Waals surface area contributed by atoms with Gasteiger partial charge >= 0.3 is 36.1 Å². The monoisotopic (exact) mass is 1820 g/mol. The summed E-state index contributed by atoms with van der Waals surface area (Å²) in [6.45, 7) is 39.7. The van der Waals surface area contributed by atoms with Crippen LogP contribution >= 0.6 is 37.2 Å². The summed E-state index contributed by atoms with van der Waals surface area (Å²) in [5, 5.41) is 16.7. The topological polar surface area (TPSA) is 240 Å². The minimum absolute atomic E-state index is 0. The number of methoxy groups -OCH3 is 3. The summed E-state index contributed by atoms with van der Waals surface area (Å²) in [4.78, 5) is 109. The molecule has 4 amide bonds. The molecule has 6 aromatic rings. The number of amides is 4. The number of carbonyl (C=O) groups is 8. The van der Waals surface area contributed by atoms with Crippen LogP contribution in [0.25, 0.3) is 16.7 Å². The Morgan fingerprint density at radius 2 is 0.651 bits per heavy atom. The molecular formula is C106H135Cl3N6O14.